The van der Waals surface area contributed by atoms with Crippen LogP contribution in [0.4, 0.5) is 0 Å². The molecular weight excluding hydrogens is 360 g/mol. The van der Waals surface area contributed by atoms with Gasteiger partial charge in [0.2, 0.25) is 0 Å². The normalized spacial score (nSPS) is 10.4. The predicted molar refractivity (Wildman–Crippen MR) is 89.2 cm³/mol. The van der Waals surface area contributed by atoms with Gasteiger partial charge in [0.15, 0.2) is 0 Å². The first-order valence-corrected chi connectivity index (χ1v) is 7.47. The Hall–Kier alpha value is -3.72. The van der Waals surface area contributed by atoms with Crippen LogP contribution < -0.4 is 0 Å². The van der Waals surface area contributed by atoms with Gasteiger partial charge in [-0.15, -0.1) is 0 Å². The van der Waals surface area contributed by atoms with Crippen LogP contribution in [0.15, 0.2) is 36.4 Å². The molecule has 0 saturated heterocycles. The van der Waals surface area contributed by atoms with Gasteiger partial charge in [-0.3, -0.25) is 0 Å². The molecule has 0 bridgehead atoms. The van der Waals surface area contributed by atoms with Crippen LogP contribution in [0, 0.1) is 0 Å². The molecule has 0 aromatic heterocycles. The predicted octanol–water partition coefficient (Wildman–Crippen LogP) is 2.20. The zero-order valence-electron chi connectivity index (χ0n) is 13.7. The van der Waals surface area contributed by atoms with E-state index < -0.39 is 23.9 Å². The van der Waals surface area contributed by atoms with Gasteiger partial charge >= 0.3 is 23.9 Å². The van der Waals surface area contributed by atoms with E-state index in [0.29, 0.717) is 11.1 Å². The molecule has 27 heavy (non-hydrogen) atoms. The number of hydrogen-bond donors (Lipinski definition) is 4. The van der Waals surface area contributed by atoms with Crippen molar-refractivity contribution in [3.8, 4) is 0 Å². The van der Waals surface area contributed by atoms with Crippen LogP contribution in [0.1, 0.15) is 52.6 Å². The van der Waals surface area contributed by atoms with E-state index in [9.17, 15) is 19.2 Å². The first-order valence-electron chi connectivity index (χ1n) is 7.47. The summed E-state index contributed by atoms with van der Waals surface area (Å²) in [6.45, 7) is -0.105. The minimum absolute atomic E-state index is 0.0523. The third kappa shape index (κ3) is 4.67. The van der Waals surface area contributed by atoms with Crippen molar-refractivity contribution < 1.29 is 44.3 Å². The van der Waals surface area contributed by atoms with E-state index in [4.69, 9.17) is 25.2 Å². The molecule has 2 aromatic rings. The van der Waals surface area contributed by atoms with Gasteiger partial charge in [-0.05, 0) is 35.4 Å². The zero-order valence-corrected chi connectivity index (χ0v) is 13.7. The second kappa shape index (κ2) is 8.11. The summed E-state index contributed by atoms with van der Waals surface area (Å²) in [5, 5.41) is 36.1. The molecule has 0 heterocycles. The number of benzene rings is 2. The van der Waals surface area contributed by atoms with Gasteiger partial charge in [-0.1, -0.05) is 12.1 Å². The van der Waals surface area contributed by atoms with Gasteiger partial charge in [-0.25, -0.2) is 19.2 Å². The second-order valence-corrected chi connectivity index (χ2v) is 5.47. The zero-order chi connectivity index (χ0) is 20.1. The molecule has 0 atom stereocenters. The first kappa shape index (κ1) is 19.6. The highest BCUT2D eigenvalue weighted by molar-refractivity contribution is 6.02. The molecule has 9 nitrogen and oxygen atoms in total. The average molecular weight is 374 g/mol. The van der Waals surface area contributed by atoms with Crippen LogP contribution in [0.25, 0.3) is 0 Å². The average Bonchev–Trinajstić information content (AvgIpc) is 2.61. The minimum Gasteiger partial charge on any atom is -0.478 e. The third-order valence-corrected chi connectivity index (χ3v) is 3.63. The Morgan fingerprint density at radius 2 is 0.926 bits per heavy atom. The lowest BCUT2D eigenvalue weighted by Crippen LogP contribution is -2.10. The van der Waals surface area contributed by atoms with Crippen LogP contribution in [0.3, 0.4) is 0 Å². The fourth-order valence-corrected chi connectivity index (χ4v) is 2.38. The summed E-state index contributed by atoms with van der Waals surface area (Å²) in [6, 6.07) is 7.51. The Bertz CT molecular complexity index is 855. The van der Waals surface area contributed by atoms with Gasteiger partial charge in [0, 0.05) is 0 Å². The summed E-state index contributed by atoms with van der Waals surface area (Å²) in [7, 11) is 0. The topological polar surface area (TPSA) is 158 Å². The van der Waals surface area contributed by atoms with E-state index in [0.717, 1.165) is 12.1 Å². The largest absolute Gasteiger partial charge is 0.478 e. The van der Waals surface area contributed by atoms with E-state index in [1.807, 2.05) is 0 Å². The summed E-state index contributed by atoms with van der Waals surface area (Å²) < 4.78 is 5.40. The maximum Gasteiger partial charge on any atom is 0.336 e. The van der Waals surface area contributed by atoms with Crippen molar-refractivity contribution in [2.45, 2.75) is 13.2 Å². The summed E-state index contributed by atoms with van der Waals surface area (Å²) in [5.74, 6) is -5.49. The highest BCUT2D eigenvalue weighted by Crippen LogP contribution is 2.16. The Balaban J connectivity index is 2.13. The van der Waals surface area contributed by atoms with E-state index in [1.54, 1.807) is 0 Å². The number of carboxylic acid groups (broad SMARTS) is 4. The number of aromatic carboxylic acids is 4. The molecule has 0 amide bonds. The van der Waals surface area contributed by atoms with Crippen molar-refractivity contribution >= 4 is 23.9 Å². The van der Waals surface area contributed by atoms with Crippen molar-refractivity contribution in [3.63, 3.8) is 0 Å². The first-order chi connectivity index (χ1) is 12.7. The lowest BCUT2D eigenvalue weighted by molar-refractivity contribution is 0.0649. The van der Waals surface area contributed by atoms with Gasteiger partial charge in [0.25, 0.3) is 0 Å². The van der Waals surface area contributed by atoms with Crippen molar-refractivity contribution in [1.82, 2.24) is 0 Å². The SMILES string of the molecule is O=C(O)c1ccc(COCc2ccc(C(=O)O)c(C(=O)O)c2)cc1C(=O)O. The molecule has 0 fully saturated rings. The van der Waals surface area contributed by atoms with Crippen molar-refractivity contribution in [3.05, 3.63) is 69.8 Å². The quantitative estimate of drug-likeness (QED) is 0.543. The maximum absolute atomic E-state index is 11.2. The van der Waals surface area contributed by atoms with Crippen LogP contribution >= 0.6 is 0 Å². The fourth-order valence-electron chi connectivity index (χ4n) is 2.38. The maximum atomic E-state index is 11.2. The molecule has 0 radical (unpaired) electrons. The molecule has 0 saturated carbocycles. The summed E-state index contributed by atoms with van der Waals surface area (Å²) in [4.78, 5) is 44.3. The molecule has 0 aliphatic carbocycles. The van der Waals surface area contributed by atoms with Crippen molar-refractivity contribution in [2.24, 2.45) is 0 Å². The lowest BCUT2D eigenvalue weighted by Gasteiger charge is -2.09. The molecule has 2 aromatic carbocycles. The van der Waals surface area contributed by atoms with E-state index in [2.05, 4.69) is 0 Å². The Morgan fingerprint density at radius 1 is 0.593 bits per heavy atom. The van der Waals surface area contributed by atoms with Crippen LogP contribution in [0.5, 0.6) is 0 Å². The molecule has 4 N–H and O–H groups in total. The van der Waals surface area contributed by atoms with E-state index >= 15 is 0 Å². The van der Waals surface area contributed by atoms with Gasteiger partial charge < -0.3 is 25.2 Å². The molecule has 2 rings (SSSR count). The Labute approximate surface area is 152 Å². The molecule has 140 valence electrons. The molecule has 0 aliphatic rings. The van der Waals surface area contributed by atoms with Crippen LogP contribution in [-0.4, -0.2) is 44.3 Å². The van der Waals surface area contributed by atoms with Crippen molar-refractivity contribution in [2.75, 3.05) is 0 Å². The smallest absolute Gasteiger partial charge is 0.336 e. The fraction of sp³-hybridized carbons (Fsp3) is 0.111. The number of carboxylic acids is 4. The van der Waals surface area contributed by atoms with E-state index in [1.165, 1.54) is 24.3 Å². The number of ether oxygens (including phenoxy) is 1. The molecule has 0 unspecified atom stereocenters. The highest BCUT2D eigenvalue weighted by Gasteiger charge is 2.17. The van der Waals surface area contributed by atoms with Gasteiger partial charge in [0.1, 0.15) is 0 Å². The van der Waals surface area contributed by atoms with Crippen molar-refractivity contribution in [1.29, 1.82) is 0 Å². The molecule has 0 aliphatic heterocycles. The van der Waals surface area contributed by atoms with Crippen LogP contribution in [0.2, 0.25) is 0 Å². The standard InChI is InChI=1S/C18H14O9/c19-15(20)11-3-1-9(5-13(11)17(23)24)7-27-8-10-2-4-12(16(21)22)14(6-10)18(25)26/h1-6H,7-8H2,(H,19,20)(H,21,22)(H,23,24)(H,25,26). The van der Waals surface area contributed by atoms with Gasteiger partial charge in [0.05, 0.1) is 35.5 Å². The van der Waals surface area contributed by atoms with Crippen LogP contribution in [-0.2, 0) is 18.0 Å². The summed E-state index contributed by atoms with van der Waals surface area (Å²) >= 11 is 0. The second-order valence-electron chi connectivity index (χ2n) is 5.47. The Morgan fingerprint density at radius 3 is 1.22 bits per heavy atom. The van der Waals surface area contributed by atoms with E-state index in [-0.39, 0.29) is 35.5 Å². The highest BCUT2D eigenvalue weighted by atomic mass is 16.5. The number of hydrogen-bond acceptors (Lipinski definition) is 5. The monoisotopic (exact) mass is 374 g/mol. The molecular formula is C18H14O9. The lowest BCUT2D eigenvalue weighted by atomic mass is 10.0. The number of rotatable bonds is 8. The molecule has 9 heteroatoms. The van der Waals surface area contributed by atoms with Gasteiger partial charge in [-0.2, -0.15) is 0 Å². The summed E-state index contributed by atoms with van der Waals surface area (Å²) in [5.41, 5.74) is -0.607. The minimum atomic E-state index is -1.38. The molecule has 0 spiro atoms. The number of carbonyl (C=O) groups is 4. The Kier molecular flexibility index (Phi) is 5.89. The summed E-state index contributed by atoms with van der Waals surface area (Å²) in [6.07, 6.45) is 0. The third-order valence-electron chi connectivity index (χ3n) is 3.63.